The molecule has 0 radical (unpaired) electrons. The first-order valence-corrected chi connectivity index (χ1v) is 13.7. The number of nitrogens with one attached hydrogen (secondary N) is 1. The van der Waals surface area contributed by atoms with Crippen LogP contribution in [-0.2, 0) is 39.1 Å². The van der Waals surface area contributed by atoms with Crippen LogP contribution < -0.4 is 9.46 Å². The number of fused-ring (bicyclic) bond motifs is 1. The molecule has 1 N–H and O–H groups in total. The molecule has 1 aromatic carbocycles. The molecule has 0 aliphatic heterocycles. The highest BCUT2D eigenvalue weighted by Gasteiger charge is 2.42. The van der Waals surface area contributed by atoms with Gasteiger partial charge in [0.15, 0.2) is 11.5 Å². The lowest BCUT2D eigenvalue weighted by Gasteiger charge is -2.24. The number of hydrogen-bond donors (Lipinski definition) is 1. The molecule has 0 unspecified atom stereocenters. The fraction of sp³-hybridized carbons (Fsp3) is 0.318. The molecule has 8 nitrogen and oxygen atoms in total. The average Bonchev–Trinajstić information content (AvgIpc) is 3.17. The molecule has 0 saturated heterocycles. The van der Waals surface area contributed by atoms with Crippen LogP contribution in [0.4, 0.5) is 32.0 Å². The van der Waals surface area contributed by atoms with E-state index in [0.29, 0.717) is 15.7 Å². The lowest BCUT2D eigenvalue weighted by Crippen LogP contribution is -2.29. The van der Waals surface area contributed by atoms with E-state index in [2.05, 4.69) is 9.72 Å². The van der Waals surface area contributed by atoms with Gasteiger partial charge in [-0.2, -0.15) is 13.2 Å². The van der Waals surface area contributed by atoms with Crippen molar-refractivity contribution in [2.75, 3.05) is 11.8 Å². The average molecular weight is 584 g/mol. The maximum absolute atomic E-state index is 14.3. The van der Waals surface area contributed by atoms with Gasteiger partial charge in [-0.15, -0.1) is 0 Å². The molecule has 2 aromatic heterocycles. The number of benzene rings is 1. The number of anilines is 1. The molecule has 206 valence electrons. The number of aryl methyl sites for hydroxylation is 1. The first-order chi connectivity index (χ1) is 17.5. The minimum absolute atomic E-state index is 0.201. The maximum atomic E-state index is 14.3. The number of alkyl halides is 5. The Kier molecular flexibility index (Phi) is 6.71. The minimum atomic E-state index is -5.21. The smallest absolute Gasteiger partial charge is 0.436 e. The molecule has 0 fully saturated rings. The van der Waals surface area contributed by atoms with Crippen LogP contribution in [0.3, 0.4) is 0 Å². The molecule has 0 spiro atoms. The van der Waals surface area contributed by atoms with Gasteiger partial charge in [-0.1, -0.05) is 17.7 Å². The van der Waals surface area contributed by atoms with Crippen LogP contribution in [0.2, 0.25) is 0 Å². The van der Waals surface area contributed by atoms with Crippen molar-refractivity contribution in [2.24, 2.45) is 0 Å². The zero-order chi connectivity index (χ0) is 28.3. The normalized spacial score (nSPS) is 15.7. The Balaban J connectivity index is 1.86. The van der Waals surface area contributed by atoms with Gasteiger partial charge in [0.1, 0.15) is 10.6 Å². The number of methoxy groups -OCH3 is 1. The highest BCUT2D eigenvalue weighted by Crippen LogP contribution is 2.40. The Hall–Kier alpha value is -3.27. The van der Waals surface area contributed by atoms with Gasteiger partial charge >= 0.3 is 6.18 Å². The van der Waals surface area contributed by atoms with Crippen molar-refractivity contribution in [1.29, 1.82) is 0 Å². The number of hydrogen-bond acceptors (Lipinski definition) is 6. The molecule has 0 bridgehead atoms. The Morgan fingerprint density at radius 3 is 2.32 bits per heavy atom. The lowest BCUT2D eigenvalue weighted by atomic mass is 9.95. The van der Waals surface area contributed by atoms with E-state index in [1.807, 2.05) is 4.72 Å². The third-order valence-corrected chi connectivity index (χ3v) is 8.96. The van der Waals surface area contributed by atoms with E-state index >= 15 is 0 Å². The molecule has 0 amide bonds. The van der Waals surface area contributed by atoms with Crippen LogP contribution >= 0.6 is 0 Å². The Morgan fingerprint density at radius 2 is 1.74 bits per heavy atom. The quantitative estimate of drug-likeness (QED) is 0.428. The molecule has 4 rings (SSSR count). The second-order valence-electron chi connectivity index (χ2n) is 8.54. The molecule has 3 aromatic rings. The fourth-order valence-electron chi connectivity index (χ4n) is 4.00. The van der Waals surface area contributed by atoms with Crippen LogP contribution in [0.5, 0.6) is 5.88 Å². The van der Waals surface area contributed by atoms with Gasteiger partial charge in [-0.3, -0.25) is 4.72 Å². The highest BCUT2D eigenvalue weighted by atomic mass is 32.2. The third kappa shape index (κ3) is 5.06. The predicted molar refractivity (Wildman–Crippen MR) is 122 cm³/mol. The molecule has 16 heteroatoms. The fourth-order valence-corrected chi connectivity index (χ4v) is 6.82. The number of aromatic nitrogens is 2. The van der Waals surface area contributed by atoms with Crippen molar-refractivity contribution in [3.05, 3.63) is 64.9 Å². The Bertz CT molecular complexity index is 1620. The number of halogens is 6. The van der Waals surface area contributed by atoms with E-state index in [4.69, 9.17) is 0 Å². The van der Waals surface area contributed by atoms with E-state index in [1.54, 1.807) is 6.92 Å². The van der Waals surface area contributed by atoms with Gasteiger partial charge in [0.2, 0.25) is 5.88 Å². The summed E-state index contributed by atoms with van der Waals surface area (Å²) < 4.78 is 142. The van der Waals surface area contributed by atoms with E-state index in [-0.39, 0.29) is 16.5 Å². The van der Waals surface area contributed by atoms with E-state index in [9.17, 15) is 43.2 Å². The van der Waals surface area contributed by atoms with Gasteiger partial charge in [-0.25, -0.2) is 39.0 Å². The SMILES string of the molecule is COc1nc(C(F)(F)F)c(F)cc1NS(=O)(=O)c1cn(S(=O)(=O)c2ccc(C)cc2)c2c1CCC(F)(F)C2. The molecular weight excluding hydrogens is 564 g/mol. The van der Waals surface area contributed by atoms with E-state index in [1.165, 1.54) is 24.3 Å². The lowest BCUT2D eigenvalue weighted by molar-refractivity contribution is -0.143. The first-order valence-electron chi connectivity index (χ1n) is 10.7. The number of ether oxygens (including phenoxy) is 1. The van der Waals surface area contributed by atoms with Crippen molar-refractivity contribution >= 4 is 25.7 Å². The summed E-state index contributed by atoms with van der Waals surface area (Å²) >= 11 is 0. The summed E-state index contributed by atoms with van der Waals surface area (Å²) in [5.74, 6) is -6.16. The molecular formula is C22H19F6N3O5S2. The van der Waals surface area contributed by atoms with Gasteiger partial charge < -0.3 is 4.74 Å². The highest BCUT2D eigenvalue weighted by molar-refractivity contribution is 7.93. The largest absolute Gasteiger partial charge is 0.479 e. The number of sulfonamides is 1. The standard InChI is InChI=1S/C22H19F6N3O5S2/c1-12-3-5-13(6-4-12)38(34,35)31-11-18(14-7-8-21(24,25)10-17(14)31)37(32,33)30-16-9-15(23)19(22(26,27)28)29-20(16)36-2/h3-6,9,11,30H,7-8,10H2,1-2H3. The van der Waals surface area contributed by atoms with Crippen LogP contribution in [0.1, 0.15) is 28.9 Å². The zero-order valence-electron chi connectivity index (χ0n) is 19.6. The van der Waals surface area contributed by atoms with Crippen LogP contribution in [0.15, 0.2) is 46.3 Å². The topological polar surface area (TPSA) is 107 Å². The first kappa shape index (κ1) is 27.8. The van der Waals surface area contributed by atoms with Crippen LogP contribution in [0, 0.1) is 12.7 Å². The number of rotatable bonds is 6. The predicted octanol–water partition coefficient (Wildman–Crippen LogP) is 4.52. The zero-order valence-corrected chi connectivity index (χ0v) is 21.2. The molecule has 1 aliphatic rings. The van der Waals surface area contributed by atoms with Crippen LogP contribution in [0.25, 0.3) is 0 Å². The van der Waals surface area contributed by atoms with E-state index in [0.717, 1.165) is 7.11 Å². The van der Waals surface area contributed by atoms with Crippen molar-refractivity contribution in [1.82, 2.24) is 8.96 Å². The van der Waals surface area contributed by atoms with Crippen LogP contribution in [-0.4, -0.2) is 38.8 Å². The Labute approximate surface area is 213 Å². The third-order valence-electron chi connectivity index (χ3n) is 5.83. The summed E-state index contributed by atoms with van der Waals surface area (Å²) in [6.45, 7) is 1.69. The van der Waals surface area contributed by atoms with Crippen molar-refractivity contribution < 1.29 is 47.9 Å². The maximum Gasteiger partial charge on any atom is 0.436 e. The molecule has 0 atom stereocenters. The minimum Gasteiger partial charge on any atom is -0.479 e. The van der Waals surface area contributed by atoms with Gasteiger partial charge in [0.05, 0.1) is 18.4 Å². The summed E-state index contributed by atoms with van der Waals surface area (Å²) in [6.07, 6.45) is -6.95. The van der Waals surface area contributed by atoms with Gasteiger partial charge in [-0.05, 0) is 31.0 Å². The second-order valence-corrected chi connectivity index (χ2v) is 12.0. The Morgan fingerprint density at radius 1 is 1.11 bits per heavy atom. The van der Waals surface area contributed by atoms with E-state index < -0.39 is 85.1 Å². The molecule has 1 aliphatic carbocycles. The molecule has 0 saturated carbocycles. The van der Waals surface area contributed by atoms with Crippen molar-refractivity contribution in [2.45, 2.75) is 48.1 Å². The molecule has 2 heterocycles. The van der Waals surface area contributed by atoms with Gasteiger partial charge in [0.25, 0.3) is 26.0 Å². The van der Waals surface area contributed by atoms with Crippen molar-refractivity contribution in [3.63, 3.8) is 0 Å². The molecule has 38 heavy (non-hydrogen) atoms. The number of nitrogens with zero attached hydrogens (tertiary/aromatic N) is 2. The monoisotopic (exact) mass is 583 g/mol. The number of pyridine rings is 1. The van der Waals surface area contributed by atoms with Gasteiger partial charge in [0, 0.05) is 24.4 Å². The van der Waals surface area contributed by atoms with Crippen molar-refractivity contribution in [3.8, 4) is 5.88 Å². The second kappa shape index (κ2) is 9.18. The summed E-state index contributed by atoms with van der Waals surface area (Å²) in [7, 11) is -8.53. The summed E-state index contributed by atoms with van der Waals surface area (Å²) in [6, 6.07) is 5.59. The summed E-state index contributed by atoms with van der Waals surface area (Å²) in [4.78, 5) is 1.98. The summed E-state index contributed by atoms with van der Waals surface area (Å²) in [5.41, 5.74) is -2.75. The summed E-state index contributed by atoms with van der Waals surface area (Å²) in [5, 5.41) is 0.